The molecular formula is C19H20N2O4. The van der Waals surface area contributed by atoms with Crippen LogP contribution in [-0.2, 0) is 11.3 Å². The molecule has 0 unspecified atom stereocenters. The highest BCUT2D eigenvalue weighted by Gasteiger charge is 2.16. The van der Waals surface area contributed by atoms with Crippen molar-refractivity contribution in [3.63, 3.8) is 0 Å². The lowest BCUT2D eigenvalue weighted by Crippen LogP contribution is -2.22. The molecule has 0 spiro atoms. The highest BCUT2D eigenvalue weighted by Crippen LogP contribution is 2.32. The maximum Gasteiger partial charge on any atom is 0.251 e. The predicted molar refractivity (Wildman–Crippen MR) is 93.6 cm³/mol. The van der Waals surface area contributed by atoms with E-state index in [0.29, 0.717) is 23.6 Å². The molecule has 2 N–H and O–H groups in total. The molecule has 1 aliphatic heterocycles. The van der Waals surface area contributed by atoms with Crippen LogP contribution >= 0.6 is 0 Å². The van der Waals surface area contributed by atoms with Crippen LogP contribution in [-0.4, -0.2) is 18.6 Å². The van der Waals surface area contributed by atoms with E-state index in [2.05, 4.69) is 10.6 Å². The Labute approximate surface area is 146 Å². The summed E-state index contributed by atoms with van der Waals surface area (Å²) in [5.74, 6) is 0.952. The lowest BCUT2D eigenvalue weighted by Gasteiger charge is -2.09. The fourth-order valence-electron chi connectivity index (χ4n) is 2.31. The van der Waals surface area contributed by atoms with Crippen LogP contribution in [0.5, 0.6) is 11.5 Å². The Morgan fingerprint density at radius 2 is 1.76 bits per heavy atom. The van der Waals surface area contributed by atoms with Gasteiger partial charge in [-0.15, -0.1) is 0 Å². The van der Waals surface area contributed by atoms with Crippen molar-refractivity contribution in [2.24, 2.45) is 5.92 Å². The van der Waals surface area contributed by atoms with Gasteiger partial charge in [0.05, 0.1) is 0 Å². The topological polar surface area (TPSA) is 76.7 Å². The molecule has 0 saturated heterocycles. The molecule has 6 heteroatoms. The number of nitrogens with one attached hydrogen (secondary N) is 2. The Morgan fingerprint density at radius 1 is 1.04 bits per heavy atom. The van der Waals surface area contributed by atoms with Crippen molar-refractivity contribution >= 4 is 17.5 Å². The first-order valence-electron chi connectivity index (χ1n) is 8.10. The van der Waals surface area contributed by atoms with Gasteiger partial charge >= 0.3 is 0 Å². The van der Waals surface area contributed by atoms with E-state index in [-0.39, 0.29) is 24.5 Å². The Balaban J connectivity index is 1.56. The number of rotatable bonds is 5. The van der Waals surface area contributed by atoms with Gasteiger partial charge in [-0.2, -0.15) is 0 Å². The van der Waals surface area contributed by atoms with E-state index >= 15 is 0 Å². The Hall–Kier alpha value is -3.02. The lowest BCUT2D eigenvalue weighted by molar-refractivity contribution is -0.118. The van der Waals surface area contributed by atoms with Gasteiger partial charge in [0.1, 0.15) is 0 Å². The number of carbonyl (C=O) groups excluding carboxylic acids is 2. The van der Waals surface area contributed by atoms with Crippen LogP contribution in [0.15, 0.2) is 42.5 Å². The van der Waals surface area contributed by atoms with Crippen molar-refractivity contribution in [3.8, 4) is 11.5 Å². The number of fused-ring (bicyclic) bond motifs is 1. The molecule has 0 saturated carbocycles. The van der Waals surface area contributed by atoms with Gasteiger partial charge in [0, 0.05) is 23.7 Å². The monoisotopic (exact) mass is 340 g/mol. The predicted octanol–water partition coefficient (Wildman–Crippen LogP) is 2.94. The van der Waals surface area contributed by atoms with Crippen molar-refractivity contribution in [2.75, 3.05) is 12.1 Å². The molecule has 0 aliphatic carbocycles. The molecule has 25 heavy (non-hydrogen) atoms. The Morgan fingerprint density at radius 3 is 2.48 bits per heavy atom. The van der Waals surface area contributed by atoms with Crippen molar-refractivity contribution in [2.45, 2.75) is 20.4 Å². The highest BCUT2D eigenvalue weighted by atomic mass is 16.7. The zero-order chi connectivity index (χ0) is 17.8. The number of amides is 2. The SMILES string of the molecule is CC(C)C(=O)Nc1ccc(CNC(=O)c2ccc3c(c2)OCO3)cc1. The lowest BCUT2D eigenvalue weighted by atomic mass is 10.1. The van der Waals surface area contributed by atoms with Crippen molar-refractivity contribution in [3.05, 3.63) is 53.6 Å². The zero-order valence-electron chi connectivity index (χ0n) is 14.2. The fourth-order valence-corrected chi connectivity index (χ4v) is 2.31. The number of hydrogen-bond acceptors (Lipinski definition) is 4. The standard InChI is InChI=1S/C19H20N2O4/c1-12(2)18(22)21-15-6-3-13(4-7-15)10-20-19(23)14-5-8-16-17(9-14)25-11-24-16/h3-9,12H,10-11H2,1-2H3,(H,20,23)(H,21,22). The zero-order valence-corrected chi connectivity index (χ0v) is 14.2. The molecule has 2 aromatic carbocycles. The molecule has 130 valence electrons. The summed E-state index contributed by atoms with van der Waals surface area (Å²) in [6, 6.07) is 12.5. The first-order chi connectivity index (χ1) is 12.0. The number of carbonyl (C=O) groups is 2. The van der Waals surface area contributed by atoms with Gasteiger partial charge in [-0.3, -0.25) is 9.59 Å². The second-order valence-electron chi connectivity index (χ2n) is 6.09. The Kier molecular flexibility index (Phi) is 4.88. The summed E-state index contributed by atoms with van der Waals surface area (Å²) in [5.41, 5.74) is 2.20. The van der Waals surface area contributed by atoms with Gasteiger partial charge in [0.25, 0.3) is 5.91 Å². The van der Waals surface area contributed by atoms with Crippen LogP contribution in [0.25, 0.3) is 0 Å². The van der Waals surface area contributed by atoms with Crippen molar-refractivity contribution in [1.29, 1.82) is 0 Å². The van der Waals surface area contributed by atoms with Gasteiger partial charge in [-0.05, 0) is 35.9 Å². The van der Waals surface area contributed by atoms with Gasteiger partial charge in [0.2, 0.25) is 12.7 Å². The molecule has 1 aliphatic rings. The van der Waals surface area contributed by atoms with Crippen LogP contribution < -0.4 is 20.1 Å². The van der Waals surface area contributed by atoms with E-state index in [4.69, 9.17) is 9.47 Å². The van der Waals surface area contributed by atoms with Crippen LogP contribution in [0.1, 0.15) is 29.8 Å². The maximum atomic E-state index is 12.2. The summed E-state index contributed by atoms with van der Waals surface area (Å²) in [7, 11) is 0. The van der Waals surface area contributed by atoms with Crippen LogP contribution in [0, 0.1) is 5.92 Å². The van der Waals surface area contributed by atoms with Gasteiger partial charge in [0.15, 0.2) is 11.5 Å². The third-order valence-corrected chi connectivity index (χ3v) is 3.83. The first-order valence-corrected chi connectivity index (χ1v) is 8.10. The summed E-state index contributed by atoms with van der Waals surface area (Å²) in [5, 5.41) is 5.69. The van der Waals surface area contributed by atoms with Gasteiger partial charge in [-0.25, -0.2) is 0 Å². The summed E-state index contributed by atoms with van der Waals surface area (Å²) < 4.78 is 10.5. The molecule has 3 rings (SSSR count). The van der Waals surface area contributed by atoms with Crippen molar-refractivity contribution in [1.82, 2.24) is 5.32 Å². The average Bonchev–Trinajstić information content (AvgIpc) is 3.08. The number of hydrogen-bond donors (Lipinski definition) is 2. The minimum atomic E-state index is -0.185. The average molecular weight is 340 g/mol. The molecule has 1 heterocycles. The molecule has 0 radical (unpaired) electrons. The Bertz CT molecular complexity index is 785. The molecular weight excluding hydrogens is 320 g/mol. The number of benzene rings is 2. The summed E-state index contributed by atoms with van der Waals surface area (Å²) >= 11 is 0. The van der Waals surface area contributed by atoms with E-state index in [1.54, 1.807) is 18.2 Å². The summed E-state index contributed by atoms with van der Waals surface area (Å²) in [6.07, 6.45) is 0. The molecule has 0 fully saturated rings. The maximum absolute atomic E-state index is 12.2. The second-order valence-corrected chi connectivity index (χ2v) is 6.09. The molecule has 0 aromatic heterocycles. The summed E-state index contributed by atoms with van der Waals surface area (Å²) in [6.45, 7) is 4.26. The summed E-state index contributed by atoms with van der Waals surface area (Å²) in [4.78, 5) is 23.9. The minimum absolute atomic E-state index is 0.0242. The first kappa shape index (κ1) is 16.8. The van der Waals surface area contributed by atoms with E-state index < -0.39 is 0 Å². The molecule has 0 bridgehead atoms. The van der Waals surface area contributed by atoms with Crippen molar-refractivity contribution < 1.29 is 19.1 Å². The van der Waals surface area contributed by atoms with Crippen LogP contribution in [0.3, 0.4) is 0 Å². The van der Waals surface area contributed by atoms with E-state index in [1.807, 2.05) is 38.1 Å². The molecule has 2 aromatic rings. The number of ether oxygens (including phenoxy) is 2. The van der Waals surface area contributed by atoms with E-state index in [9.17, 15) is 9.59 Å². The van der Waals surface area contributed by atoms with Crippen LogP contribution in [0.2, 0.25) is 0 Å². The smallest absolute Gasteiger partial charge is 0.251 e. The van der Waals surface area contributed by atoms with Crippen LogP contribution in [0.4, 0.5) is 5.69 Å². The molecule has 2 amide bonds. The minimum Gasteiger partial charge on any atom is -0.454 e. The van der Waals surface area contributed by atoms with E-state index in [1.165, 1.54) is 0 Å². The quantitative estimate of drug-likeness (QED) is 0.877. The van der Waals surface area contributed by atoms with E-state index in [0.717, 1.165) is 11.3 Å². The molecule has 0 atom stereocenters. The number of anilines is 1. The fraction of sp³-hybridized carbons (Fsp3) is 0.263. The molecule has 6 nitrogen and oxygen atoms in total. The largest absolute Gasteiger partial charge is 0.454 e. The third kappa shape index (κ3) is 4.09. The third-order valence-electron chi connectivity index (χ3n) is 3.83. The van der Waals surface area contributed by atoms with Gasteiger partial charge < -0.3 is 20.1 Å². The normalized spacial score (nSPS) is 12.1. The highest BCUT2D eigenvalue weighted by molar-refractivity contribution is 5.95. The van der Waals surface area contributed by atoms with Gasteiger partial charge in [-0.1, -0.05) is 26.0 Å². The second kappa shape index (κ2) is 7.25.